The van der Waals surface area contributed by atoms with Crippen LogP contribution in [0.5, 0.6) is 0 Å². The predicted octanol–water partition coefficient (Wildman–Crippen LogP) is 3.56. The first-order chi connectivity index (χ1) is 4.84. The molecule has 1 fully saturated rings. The van der Waals surface area contributed by atoms with E-state index in [0.29, 0.717) is 0 Å². The Balaban J connectivity index is 2.32. The highest BCUT2D eigenvalue weighted by atomic mass is 127. The quantitative estimate of drug-likeness (QED) is 0.399. The highest BCUT2D eigenvalue weighted by Gasteiger charge is 2.20. The summed E-state index contributed by atoms with van der Waals surface area (Å²) in [6.45, 7) is 3.79. The summed E-state index contributed by atoms with van der Waals surface area (Å²) in [5.41, 5.74) is 0. The summed E-state index contributed by atoms with van der Waals surface area (Å²) in [5.74, 6) is 0.937. The molecular weight excluding hydrogens is 235 g/mol. The van der Waals surface area contributed by atoms with Gasteiger partial charge in [0.15, 0.2) is 0 Å². The van der Waals surface area contributed by atoms with Crippen molar-refractivity contribution in [2.75, 3.05) is 0 Å². The van der Waals surface area contributed by atoms with E-state index in [2.05, 4.69) is 35.2 Å². The van der Waals surface area contributed by atoms with E-state index in [1.54, 1.807) is 0 Å². The molecule has 0 nitrogen and oxygen atoms in total. The summed E-state index contributed by atoms with van der Waals surface area (Å²) >= 11 is 2.59. The van der Waals surface area contributed by atoms with E-state index in [1.807, 2.05) is 0 Å². The van der Waals surface area contributed by atoms with Crippen LogP contribution in [0.15, 0.2) is 12.7 Å². The molecule has 0 heterocycles. The number of hydrogen-bond acceptors (Lipinski definition) is 0. The van der Waals surface area contributed by atoms with Gasteiger partial charge in [-0.1, -0.05) is 41.5 Å². The molecule has 0 aromatic rings. The smallest absolute Gasteiger partial charge is 0.0141 e. The second-order valence-electron chi connectivity index (χ2n) is 3.08. The van der Waals surface area contributed by atoms with Crippen LogP contribution in [0.25, 0.3) is 0 Å². The van der Waals surface area contributed by atoms with Crippen LogP contribution < -0.4 is 0 Å². The van der Waals surface area contributed by atoms with Gasteiger partial charge >= 0.3 is 0 Å². The molecule has 1 aliphatic carbocycles. The van der Waals surface area contributed by atoms with Gasteiger partial charge in [0.05, 0.1) is 0 Å². The second-order valence-corrected chi connectivity index (χ2v) is 4.68. The van der Waals surface area contributed by atoms with Crippen LogP contribution in [0.3, 0.4) is 0 Å². The van der Waals surface area contributed by atoms with Crippen LogP contribution in [-0.2, 0) is 0 Å². The molecule has 0 radical (unpaired) electrons. The summed E-state index contributed by atoms with van der Waals surface area (Å²) < 4.78 is 0.921. The molecule has 1 rings (SSSR count). The molecule has 0 N–H and O–H groups in total. The zero-order valence-electron chi connectivity index (χ0n) is 6.35. The normalized spacial score (nSPS) is 33.7. The van der Waals surface area contributed by atoms with Gasteiger partial charge in [-0.15, -0.1) is 6.58 Å². The third kappa shape index (κ3) is 2.26. The van der Waals surface area contributed by atoms with Crippen molar-refractivity contribution in [2.45, 2.75) is 36.0 Å². The fourth-order valence-electron chi connectivity index (χ4n) is 1.64. The Kier molecular flexibility index (Phi) is 3.74. The summed E-state index contributed by atoms with van der Waals surface area (Å²) in [5, 5.41) is 0. The monoisotopic (exact) mass is 250 g/mol. The minimum atomic E-state index is 0.921. The third-order valence-electron chi connectivity index (χ3n) is 2.29. The van der Waals surface area contributed by atoms with Crippen LogP contribution >= 0.6 is 22.6 Å². The number of allylic oxidation sites excluding steroid dienone is 1. The Morgan fingerprint density at radius 3 is 2.70 bits per heavy atom. The van der Waals surface area contributed by atoms with Crippen molar-refractivity contribution in [1.82, 2.24) is 0 Å². The van der Waals surface area contributed by atoms with E-state index in [4.69, 9.17) is 0 Å². The van der Waals surface area contributed by atoms with Gasteiger partial charge in [0.25, 0.3) is 0 Å². The molecule has 0 aromatic carbocycles. The molecule has 0 aromatic heterocycles. The highest BCUT2D eigenvalue weighted by molar-refractivity contribution is 14.1. The molecule has 0 saturated heterocycles. The van der Waals surface area contributed by atoms with Gasteiger partial charge in [0.1, 0.15) is 0 Å². The van der Waals surface area contributed by atoms with Gasteiger partial charge < -0.3 is 0 Å². The zero-order valence-corrected chi connectivity index (χ0v) is 8.51. The molecule has 0 bridgehead atoms. The molecule has 0 spiro atoms. The number of hydrogen-bond donors (Lipinski definition) is 0. The van der Waals surface area contributed by atoms with Crippen LogP contribution in [0, 0.1) is 5.92 Å². The van der Waals surface area contributed by atoms with Gasteiger partial charge in [-0.05, 0) is 25.2 Å². The van der Waals surface area contributed by atoms with Crippen LogP contribution in [0.2, 0.25) is 0 Å². The van der Waals surface area contributed by atoms with Crippen molar-refractivity contribution >= 4 is 22.6 Å². The number of halogens is 1. The Labute approximate surface area is 77.2 Å². The van der Waals surface area contributed by atoms with Crippen molar-refractivity contribution in [3.8, 4) is 0 Å². The first kappa shape index (κ1) is 8.57. The molecule has 1 saturated carbocycles. The van der Waals surface area contributed by atoms with Crippen molar-refractivity contribution in [2.24, 2.45) is 5.92 Å². The van der Waals surface area contributed by atoms with Crippen molar-refractivity contribution in [3.63, 3.8) is 0 Å². The lowest BCUT2D eigenvalue weighted by molar-refractivity contribution is 0.384. The molecule has 0 aliphatic heterocycles. The first-order valence-electron chi connectivity index (χ1n) is 4.09. The summed E-state index contributed by atoms with van der Waals surface area (Å²) in [7, 11) is 0. The van der Waals surface area contributed by atoms with E-state index in [1.165, 1.54) is 32.1 Å². The maximum absolute atomic E-state index is 3.79. The van der Waals surface area contributed by atoms with Crippen LogP contribution in [0.1, 0.15) is 32.1 Å². The lowest BCUT2D eigenvalue weighted by atomic mass is 9.87. The Bertz CT molecular complexity index is 109. The molecule has 1 aliphatic rings. The lowest BCUT2D eigenvalue weighted by Gasteiger charge is -2.26. The van der Waals surface area contributed by atoms with Crippen LogP contribution in [0.4, 0.5) is 0 Å². The van der Waals surface area contributed by atoms with E-state index >= 15 is 0 Å². The fourth-order valence-corrected chi connectivity index (χ4v) is 2.74. The summed E-state index contributed by atoms with van der Waals surface area (Å²) in [6.07, 6.45) is 9.05. The average Bonchev–Trinajstić information content (AvgIpc) is 1.94. The first-order valence-corrected chi connectivity index (χ1v) is 5.34. The molecule has 10 heavy (non-hydrogen) atoms. The van der Waals surface area contributed by atoms with Gasteiger partial charge in [-0.2, -0.15) is 0 Å². The second kappa shape index (κ2) is 4.37. The third-order valence-corrected chi connectivity index (χ3v) is 3.93. The minimum absolute atomic E-state index is 0.921. The molecule has 2 unspecified atom stereocenters. The number of alkyl halides is 1. The van der Waals surface area contributed by atoms with Crippen molar-refractivity contribution in [3.05, 3.63) is 12.7 Å². The van der Waals surface area contributed by atoms with Gasteiger partial charge in [-0.3, -0.25) is 0 Å². The molecule has 58 valence electrons. The van der Waals surface area contributed by atoms with Gasteiger partial charge in [0.2, 0.25) is 0 Å². The number of rotatable bonds is 2. The largest absolute Gasteiger partial charge is 0.103 e. The summed E-state index contributed by atoms with van der Waals surface area (Å²) in [6, 6.07) is 0. The Hall–Kier alpha value is 0.470. The topological polar surface area (TPSA) is 0 Å². The van der Waals surface area contributed by atoms with Crippen molar-refractivity contribution < 1.29 is 0 Å². The van der Waals surface area contributed by atoms with E-state index in [-0.39, 0.29) is 0 Å². The van der Waals surface area contributed by atoms with E-state index in [0.717, 1.165) is 9.84 Å². The minimum Gasteiger partial charge on any atom is -0.103 e. The summed E-state index contributed by atoms with van der Waals surface area (Å²) in [4.78, 5) is 0. The SMILES string of the molecule is C=CCC1CCCCC1I. The van der Waals surface area contributed by atoms with Crippen molar-refractivity contribution in [1.29, 1.82) is 0 Å². The van der Waals surface area contributed by atoms with E-state index in [9.17, 15) is 0 Å². The van der Waals surface area contributed by atoms with E-state index < -0.39 is 0 Å². The average molecular weight is 250 g/mol. The standard InChI is InChI=1S/C9H15I/c1-2-5-8-6-3-4-7-9(8)10/h2,8-9H,1,3-7H2. The predicted molar refractivity (Wildman–Crippen MR) is 54.6 cm³/mol. The van der Waals surface area contributed by atoms with Crippen LogP contribution in [-0.4, -0.2) is 3.92 Å². The molecular formula is C9H15I. The molecule has 1 heteroatoms. The maximum atomic E-state index is 3.79. The van der Waals surface area contributed by atoms with Gasteiger partial charge in [-0.25, -0.2) is 0 Å². The zero-order chi connectivity index (χ0) is 7.40. The molecule has 2 atom stereocenters. The van der Waals surface area contributed by atoms with Gasteiger partial charge in [0, 0.05) is 3.92 Å². The Morgan fingerprint density at radius 2 is 2.10 bits per heavy atom. The molecule has 0 amide bonds. The lowest BCUT2D eigenvalue weighted by Crippen LogP contribution is -2.18. The highest BCUT2D eigenvalue weighted by Crippen LogP contribution is 2.32. The fraction of sp³-hybridized carbons (Fsp3) is 0.778. The Morgan fingerprint density at radius 1 is 1.40 bits per heavy atom. The maximum Gasteiger partial charge on any atom is 0.0141 e.